The van der Waals surface area contributed by atoms with Gasteiger partial charge in [-0.3, -0.25) is 4.79 Å². The third-order valence-electron chi connectivity index (χ3n) is 5.37. The van der Waals surface area contributed by atoms with E-state index in [0.717, 1.165) is 39.4 Å². The summed E-state index contributed by atoms with van der Waals surface area (Å²) in [4.78, 5) is 19.5. The summed E-state index contributed by atoms with van der Waals surface area (Å²) < 4.78 is 7.13. The second-order valence-corrected chi connectivity index (χ2v) is 8.60. The van der Waals surface area contributed by atoms with Crippen LogP contribution in [0, 0.1) is 0 Å². The SMILES string of the molecule is O=C(c1cccc2ccccc12)N1CCC(Oc2nc3c(Cl)cccc3s2)CC1. The van der Waals surface area contributed by atoms with Crippen LogP contribution in [-0.4, -0.2) is 35.0 Å². The first kappa shape index (κ1) is 18.4. The fourth-order valence-electron chi connectivity index (χ4n) is 3.85. The van der Waals surface area contributed by atoms with E-state index in [0.29, 0.717) is 23.3 Å². The normalized spacial score (nSPS) is 15.1. The van der Waals surface area contributed by atoms with Crippen LogP contribution in [0.5, 0.6) is 5.19 Å². The molecule has 0 spiro atoms. The minimum absolute atomic E-state index is 0.0610. The highest BCUT2D eigenvalue weighted by atomic mass is 35.5. The quantitative estimate of drug-likeness (QED) is 0.420. The van der Waals surface area contributed by atoms with Crippen molar-refractivity contribution in [1.82, 2.24) is 9.88 Å². The average Bonchev–Trinajstić information content (AvgIpc) is 3.17. The molecule has 1 aromatic heterocycles. The number of hydrogen-bond donors (Lipinski definition) is 0. The summed E-state index contributed by atoms with van der Waals surface area (Å²) in [6, 6.07) is 19.7. The van der Waals surface area contributed by atoms with Crippen LogP contribution in [0.1, 0.15) is 23.2 Å². The highest BCUT2D eigenvalue weighted by Gasteiger charge is 2.26. The Bertz CT molecular complexity index is 1190. The Balaban J connectivity index is 1.27. The molecule has 0 aliphatic carbocycles. The monoisotopic (exact) mass is 422 g/mol. The van der Waals surface area contributed by atoms with Crippen molar-refractivity contribution in [1.29, 1.82) is 0 Å². The van der Waals surface area contributed by atoms with Gasteiger partial charge in [0.2, 0.25) is 0 Å². The van der Waals surface area contributed by atoms with E-state index >= 15 is 0 Å². The number of nitrogens with zero attached hydrogens (tertiary/aromatic N) is 2. The van der Waals surface area contributed by atoms with Gasteiger partial charge in [-0.25, -0.2) is 4.98 Å². The smallest absolute Gasteiger partial charge is 0.274 e. The second-order valence-electron chi connectivity index (χ2n) is 7.20. The van der Waals surface area contributed by atoms with E-state index in [-0.39, 0.29) is 12.0 Å². The number of carbonyl (C=O) groups excluding carboxylic acids is 1. The lowest BCUT2D eigenvalue weighted by Gasteiger charge is -2.32. The van der Waals surface area contributed by atoms with E-state index in [4.69, 9.17) is 16.3 Å². The molecule has 1 aliphatic heterocycles. The molecule has 5 rings (SSSR count). The third-order valence-corrected chi connectivity index (χ3v) is 6.58. The number of hydrogen-bond acceptors (Lipinski definition) is 4. The zero-order valence-electron chi connectivity index (χ0n) is 15.7. The van der Waals surface area contributed by atoms with Crippen LogP contribution in [0.15, 0.2) is 60.7 Å². The number of ether oxygens (including phenoxy) is 1. The van der Waals surface area contributed by atoms with Crippen LogP contribution in [0.25, 0.3) is 21.0 Å². The van der Waals surface area contributed by atoms with Gasteiger partial charge < -0.3 is 9.64 Å². The topological polar surface area (TPSA) is 42.4 Å². The van der Waals surface area contributed by atoms with E-state index in [1.54, 1.807) is 0 Å². The molecule has 1 aliphatic rings. The Kier molecular flexibility index (Phi) is 4.86. The van der Waals surface area contributed by atoms with Crippen molar-refractivity contribution in [3.8, 4) is 5.19 Å². The largest absolute Gasteiger partial charge is 0.467 e. The first-order valence-electron chi connectivity index (χ1n) is 9.68. The van der Waals surface area contributed by atoms with Gasteiger partial charge in [0.15, 0.2) is 0 Å². The molecular weight excluding hydrogens is 404 g/mol. The van der Waals surface area contributed by atoms with Crippen LogP contribution in [0.4, 0.5) is 0 Å². The molecule has 1 fully saturated rings. The minimum Gasteiger partial charge on any atom is -0.467 e. The summed E-state index contributed by atoms with van der Waals surface area (Å²) in [5.74, 6) is 0.0898. The molecule has 0 radical (unpaired) electrons. The fraction of sp³-hybridized carbons (Fsp3) is 0.217. The van der Waals surface area contributed by atoms with Gasteiger partial charge in [0.05, 0.1) is 9.72 Å². The maximum Gasteiger partial charge on any atom is 0.274 e. The van der Waals surface area contributed by atoms with Gasteiger partial charge in [-0.05, 0) is 29.0 Å². The van der Waals surface area contributed by atoms with E-state index in [9.17, 15) is 4.79 Å². The van der Waals surface area contributed by atoms with Gasteiger partial charge in [-0.15, -0.1) is 0 Å². The predicted octanol–water partition coefficient (Wildman–Crippen LogP) is 5.79. The molecule has 0 N–H and O–H groups in total. The number of thiazole rings is 1. The number of carbonyl (C=O) groups is 1. The van der Waals surface area contributed by atoms with Crippen molar-refractivity contribution >= 4 is 49.8 Å². The molecule has 146 valence electrons. The summed E-state index contributed by atoms with van der Waals surface area (Å²) in [6.45, 7) is 1.36. The number of halogens is 1. The zero-order valence-corrected chi connectivity index (χ0v) is 17.2. The number of amides is 1. The summed E-state index contributed by atoms with van der Waals surface area (Å²) >= 11 is 7.72. The number of piperidine rings is 1. The molecule has 29 heavy (non-hydrogen) atoms. The van der Waals surface area contributed by atoms with E-state index in [1.807, 2.05) is 65.6 Å². The molecule has 1 saturated heterocycles. The Labute approximate surface area is 177 Å². The summed E-state index contributed by atoms with van der Waals surface area (Å²) in [5, 5.41) is 3.38. The van der Waals surface area contributed by atoms with E-state index in [1.165, 1.54) is 11.3 Å². The highest BCUT2D eigenvalue weighted by Crippen LogP contribution is 2.33. The van der Waals surface area contributed by atoms with Gasteiger partial charge in [-0.2, -0.15) is 0 Å². The maximum atomic E-state index is 13.1. The van der Waals surface area contributed by atoms with Gasteiger partial charge in [-0.1, -0.05) is 65.4 Å². The number of likely N-dealkylation sites (tertiary alicyclic amines) is 1. The standard InChI is InChI=1S/C23H19ClN2O2S/c24-19-9-4-10-20-21(19)25-23(29-20)28-16-11-13-26(14-12-16)22(27)18-8-3-6-15-5-1-2-7-17(15)18/h1-10,16H,11-14H2. The van der Waals surface area contributed by atoms with Crippen LogP contribution in [-0.2, 0) is 0 Å². The van der Waals surface area contributed by atoms with Crippen LogP contribution < -0.4 is 4.74 Å². The number of rotatable bonds is 3. The molecule has 0 atom stereocenters. The first-order valence-corrected chi connectivity index (χ1v) is 10.9. The average molecular weight is 423 g/mol. The molecular formula is C23H19ClN2O2S. The summed E-state index contributed by atoms with van der Waals surface area (Å²) in [7, 11) is 0. The molecule has 1 amide bonds. The van der Waals surface area contributed by atoms with Crippen molar-refractivity contribution in [2.75, 3.05) is 13.1 Å². The number of aromatic nitrogens is 1. The predicted molar refractivity (Wildman–Crippen MR) is 118 cm³/mol. The third kappa shape index (κ3) is 3.56. The molecule has 3 aromatic carbocycles. The van der Waals surface area contributed by atoms with Crippen LogP contribution in [0.2, 0.25) is 5.02 Å². The van der Waals surface area contributed by atoms with Crippen LogP contribution in [0.3, 0.4) is 0 Å². The van der Waals surface area contributed by atoms with E-state index in [2.05, 4.69) is 4.98 Å². The first-order chi connectivity index (χ1) is 14.2. The molecule has 2 heterocycles. The Morgan fingerprint density at radius 2 is 1.79 bits per heavy atom. The highest BCUT2D eigenvalue weighted by molar-refractivity contribution is 7.20. The van der Waals surface area contributed by atoms with Gasteiger partial charge in [0, 0.05) is 31.5 Å². The molecule has 4 aromatic rings. The molecule has 0 bridgehead atoms. The summed E-state index contributed by atoms with van der Waals surface area (Å²) in [5.41, 5.74) is 1.56. The van der Waals surface area contributed by atoms with Crippen LogP contribution >= 0.6 is 22.9 Å². The van der Waals surface area contributed by atoms with E-state index < -0.39 is 0 Å². The Morgan fingerprint density at radius 3 is 2.62 bits per heavy atom. The maximum absolute atomic E-state index is 13.1. The second kappa shape index (κ2) is 7.65. The Morgan fingerprint density at radius 1 is 1.03 bits per heavy atom. The minimum atomic E-state index is 0.0610. The lowest BCUT2D eigenvalue weighted by Crippen LogP contribution is -2.41. The molecule has 6 heteroatoms. The number of fused-ring (bicyclic) bond motifs is 2. The van der Waals surface area contributed by atoms with Crippen molar-refractivity contribution < 1.29 is 9.53 Å². The molecule has 0 unspecified atom stereocenters. The van der Waals surface area contributed by atoms with Crippen molar-refractivity contribution in [2.45, 2.75) is 18.9 Å². The summed E-state index contributed by atoms with van der Waals surface area (Å²) in [6.07, 6.45) is 1.64. The van der Waals surface area contributed by atoms with Crippen molar-refractivity contribution in [2.24, 2.45) is 0 Å². The van der Waals surface area contributed by atoms with Crippen molar-refractivity contribution in [3.05, 3.63) is 71.2 Å². The van der Waals surface area contributed by atoms with Gasteiger partial charge >= 0.3 is 0 Å². The lowest BCUT2D eigenvalue weighted by atomic mass is 10.0. The lowest BCUT2D eigenvalue weighted by molar-refractivity contribution is 0.0597. The van der Waals surface area contributed by atoms with Gasteiger partial charge in [0.1, 0.15) is 11.6 Å². The number of para-hydroxylation sites is 1. The molecule has 0 saturated carbocycles. The fourth-order valence-corrected chi connectivity index (χ4v) is 5.03. The zero-order chi connectivity index (χ0) is 19.8. The Hall–Kier alpha value is -2.63. The van der Waals surface area contributed by atoms with Crippen molar-refractivity contribution in [3.63, 3.8) is 0 Å². The number of benzene rings is 3. The van der Waals surface area contributed by atoms with Gasteiger partial charge in [0.25, 0.3) is 11.1 Å². The molecule has 4 nitrogen and oxygen atoms in total.